The van der Waals surface area contributed by atoms with Crippen molar-refractivity contribution in [1.82, 2.24) is 0 Å². The quantitative estimate of drug-likeness (QED) is 0.328. The van der Waals surface area contributed by atoms with Gasteiger partial charge in [0.05, 0.1) is 10.8 Å². The predicted octanol–water partition coefficient (Wildman–Crippen LogP) is 6.73. The number of unbranched alkanes of at least 4 members (excludes halogenated alkanes) is 4. The Morgan fingerprint density at radius 3 is 1.47 bits per heavy atom. The largest absolute Gasteiger partial charge is 0.481 e. The van der Waals surface area contributed by atoms with Crippen LogP contribution in [0.1, 0.15) is 101 Å². The van der Waals surface area contributed by atoms with Gasteiger partial charge in [-0.05, 0) is 102 Å². The van der Waals surface area contributed by atoms with E-state index in [-0.39, 0.29) is 0 Å². The van der Waals surface area contributed by atoms with Gasteiger partial charge < -0.3 is 10.2 Å². The first kappa shape index (κ1) is 26.2. The minimum absolute atomic E-state index is 0.623. The molecule has 0 aliphatic heterocycles. The lowest BCUT2D eigenvalue weighted by atomic mass is 9.86. The molecule has 0 radical (unpaired) electrons. The molecule has 0 spiro atoms. The third kappa shape index (κ3) is 8.49. The molecule has 4 heteroatoms. The highest BCUT2D eigenvalue weighted by Gasteiger charge is 2.26. The van der Waals surface area contributed by atoms with Crippen molar-refractivity contribution in [3.8, 4) is 0 Å². The van der Waals surface area contributed by atoms with Gasteiger partial charge in [-0.3, -0.25) is 9.59 Å². The maximum absolute atomic E-state index is 11.2. The molecule has 0 saturated carbocycles. The number of carboxylic acids is 2. The fourth-order valence-corrected chi connectivity index (χ4v) is 3.82. The normalized spacial score (nSPS) is 12.2. The summed E-state index contributed by atoms with van der Waals surface area (Å²) in [5.74, 6) is -1.43. The fourth-order valence-electron chi connectivity index (χ4n) is 3.82. The Kier molecular flexibility index (Phi) is 10.1. The standard InChI is InChI=1S/C26H42O4/c1-19-17-20(2)22(14-10-12-16-26(5,6)24(29)30)18-21(19)13-9-7-8-11-15-25(3,4)23(27)28/h17-18H,7-16H2,1-6H3,(H,27,28)(H,29,30). The molecule has 170 valence electrons. The SMILES string of the molecule is Cc1cc(C)c(CCCCC(C)(C)C(=O)O)cc1CCCCCCC(C)(C)C(=O)O. The molecule has 0 aromatic heterocycles. The highest BCUT2D eigenvalue weighted by atomic mass is 16.4. The van der Waals surface area contributed by atoms with Crippen molar-refractivity contribution < 1.29 is 19.8 Å². The van der Waals surface area contributed by atoms with Crippen molar-refractivity contribution in [2.75, 3.05) is 0 Å². The van der Waals surface area contributed by atoms with E-state index in [0.717, 1.165) is 57.8 Å². The molecule has 0 aliphatic carbocycles. The summed E-state index contributed by atoms with van der Waals surface area (Å²) < 4.78 is 0. The average Bonchev–Trinajstić information content (AvgIpc) is 2.63. The van der Waals surface area contributed by atoms with Gasteiger partial charge in [-0.15, -0.1) is 0 Å². The van der Waals surface area contributed by atoms with Crippen LogP contribution in [0.4, 0.5) is 0 Å². The van der Waals surface area contributed by atoms with E-state index in [9.17, 15) is 19.8 Å². The lowest BCUT2D eigenvalue weighted by Gasteiger charge is -2.19. The van der Waals surface area contributed by atoms with Gasteiger partial charge in [0.15, 0.2) is 0 Å². The van der Waals surface area contributed by atoms with Gasteiger partial charge in [-0.25, -0.2) is 0 Å². The predicted molar refractivity (Wildman–Crippen MR) is 123 cm³/mol. The van der Waals surface area contributed by atoms with Gasteiger partial charge in [-0.1, -0.05) is 37.8 Å². The second-order valence-electron chi connectivity index (χ2n) is 10.2. The van der Waals surface area contributed by atoms with E-state index < -0.39 is 22.8 Å². The molecule has 4 nitrogen and oxygen atoms in total. The number of carbonyl (C=O) groups is 2. The molecule has 0 unspecified atom stereocenters. The number of aliphatic carboxylic acids is 2. The third-order valence-electron chi connectivity index (χ3n) is 6.45. The second kappa shape index (κ2) is 11.5. The smallest absolute Gasteiger partial charge is 0.309 e. The highest BCUT2D eigenvalue weighted by Crippen LogP contribution is 2.26. The Bertz CT molecular complexity index is 716. The molecule has 0 fully saturated rings. The van der Waals surface area contributed by atoms with Gasteiger partial charge in [-0.2, -0.15) is 0 Å². The topological polar surface area (TPSA) is 74.6 Å². The highest BCUT2D eigenvalue weighted by molar-refractivity contribution is 5.73. The summed E-state index contributed by atoms with van der Waals surface area (Å²) in [5, 5.41) is 18.4. The molecule has 0 heterocycles. The first-order valence-electron chi connectivity index (χ1n) is 11.4. The van der Waals surface area contributed by atoms with Crippen LogP contribution >= 0.6 is 0 Å². The number of benzene rings is 1. The Morgan fingerprint density at radius 2 is 1.03 bits per heavy atom. The van der Waals surface area contributed by atoms with Crippen molar-refractivity contribution in [1.29, 1.82) is 0 Å². The number of carboxylic acid groups (broad SMARTS) is 2. The molecular formula is C26H42O4. The lowest BCUT2D eigenvalue weighted by molar-refractivity contribution is -0.148. The van der Waals surface area contributed by atoms with Crippen LogP contribution < -0.4 is 0 Å². The summed E-state index contributed by atoms with van der Waals surface area (Å²) in [4.78, 5) is 22.4. The van der Waals surface area contributed by atoms with Crippen LogP contribution in [0.5, 0.6) is 0 Å². The molecule has 2 N–H and O–H groups in total. The average molecular weight is 419 g/mol. The molecular weight excluding hydrogens is 376 g/mol. The Balaban J connectivity index is 2.47. The first-order chi connectivity index (χ1) is 13.9. The van der Waals surface area contributed by atoms with Crippen molar-refractivity contribution >= 4 is 11.9 Å². The summed E-state index contributed by atoms with van der Waals surface area (Å²) in [6.45, 7) is 11.5. The van der Waals surface area contributed by atoms with E-state index in [1.807, 2.05) is 0 Å². The van der Waals surface area contributed by atoms with E-state index in [1.165, 1.54) is 22.3 Å². The van der Waals surface area contributed by atoms with Crippen molar-refractivity contribution in [2.45, 2.75) is 106 Å². The van der Waals surface area contributed by atoms with E-state index >= 15 is 0 Å². The zero-order chi connectivity index (χ0) is 22.9. The van der Waals surface area contributed by atoms with E-state index in [4.69, 9.17) is 0 Å². The van der Waals surface area contributed by atoms with Crippen molar-refractivity contribution in [2.24, 2.45) is 10.8 Å². The molecule has 0 aliphatic rings. The summed E-state index contributed by atoms with van der Waals surface area (Å²) in [7, 11) is 0. The van der Waals surface area contributed by atoms with Crippen LogP contribution in [-0.2, 0) is 22.4 Å². The van der Waals surface area contributed by atoms with Gasteiger partial charge >= 0.3 is 11.9 Å². The molecule has 0 saturated heterocycles. The van der Waals surface area contributed by atoms with Gasteiger partial charge in [0.25, 0.3) is 0 Å². The molecule has 1 aromatic rings. The Labute approximate surface area is 183 Å². The van der Waals surface area contributed by atoms with Crippen LogP contribution in [0.3, 0.4) is 0 Å². The number of hydrogen-bond donors (Lipinski definition) is 2. The summed E-state index contributed by atoms with van der Waals surface area (Å²) in [5.41, 5.74) is 4.19. The van der Waals surface area contributed by atoms with E-state index in [2.05, 4.69) is 26.0 Å². The minimum Gasteiger partial charge on any atom is -0.481 e. The molecule has 0 atom stereocenters. The second-order valence-corrected chi connectivity index (χ2v) is 10.2. The number of hydrogen-bond acceptors (Lipinski definition) is 2. The molecule has 0 amide bonds. The molecule has 30 heavy (non-hydrogen) atoms. The molecule has 1 aromatic carbocycles. The van der Waals surface area contributed by atoms with Crippen molar-refractivity contribution in [3.05, 3.63) is 34.4 Å². The first-order valence-corrected chi connectivity index (χ1v) is 11.4. The van der Waals surface area contributed by atoms with E-state index in [1.54, 1.807) is 27.7 Å². The van der Waals surface area contributed by atoms with Gasteiger partial charge in [0.2, 0.25) is 0 Å². The van der Waals surface area contributed by atoms with Crippen LogP contribution in [0.25, 0.3) is 0 Å². The zero-order valence-electron chi connectivity index (χ0n) is 19.9. The molecule has 1 rings (SSSR count). The van der Waals surface area contributed by atoms with Crippen LogP contribution in [0.15, 0.2) is 12.1 Å². The zero-order valence-corrected chi connectivity index (χ0v) is 19.9. The summed E-state index contributed by atoms with van der Waals surface area (Å²) in [6.07, 6.45) is 9.73. The van der Waals surface area contributed by atoms with E-state index in [0.29, 0.717) is 6.42 Å². The monoisotopic (exact) mass is 418 g/mol. The molecule has 0 bridgehead atoms. The summed E-state index contributed by atoms with van der Waals surface area (Å²) >= 11 is 0. The van der Waals surface area contributed by atoms with Gasteiger partial charge in [0, 0.05) is 0 Å². The lowest BCUT2D eigenvalue weighted by Crippen LogP contribution is -2.23. The maximum Gasteiger partial charge on any atom is 0.309 e. The Hall–Kier alpha value is -1.84. The van der Waals surface area contributed by atoms with Crippen LogP contribution in [-0.4, -0.2) is 22.2 Å². The van der Waals surface area contributed by atoms with Gasteiger partial charge in [0.1, 0.15) is 0 Å². The fraction of sp³-hybridized carbons (Fsp3) is 0.692. The van der Waals surface area contributed by atoms with Crippen LogP contribution in [0.2, 0.25) is 0 Å². The number of aryl methyl sites for hydroxylation is 4. The third-order valence-corrected chi connectivity index (χ3v) is 6.45. The number of rotatable bonds is 14. The minimum atomic E-state index is -0.720. The maximum atomic E-state index is 11.2. The van der Waals surface area contributed by atoms with Crippen molar-refractivity contribution in [3.63, 3.8) is 0 Å². The van der Waals surface area contributed by atoms with Crippen LogP contribution in [0, 0.1) is 24.7 Å². The Morgan fingerprint density at radius 1 is 0.667 bits per heavy atom. The summed E-state index contributed by atoms with van der Waals surface area (Å²) in [6, 6.07) is 4.63.